The third-order valence-corrected chi connectivity index (χ3v) is 4.78. The second-order valence-electron chi connectivity index (χ2n) is 6.41. The van der Waals surface area contributed by atoms with Gasteiger partial charge in [0.05, 0.1) is 13.2 Å². The summed E-state index contributed by atoms with van der Waals surface area (Å²) in [4.78, 5) is 0. The van der Waals surface area contributed by atoms with Crippen molar-refractivity contribution in [3.63, 3.8) is 0 Å². The lowest BCUT2D eigenvalue weighted by atomic mass is 9.77. The van der Waals surface area contributed by atoms with Crippen LogP contribution in [0.15, 0.2) is 49.1 Å². The van der Waals surface area contributed by atoms with Gasteiger partial charge in [0.15, 0.2) is 0 Å². The molecule has 0 spiro atoms. The van der Waals surface area contributed by atoms with Gasteiger partial charge in [-0.1, -0.05) is 42.5 Å². The first-order chi connectivity index (χ1) is 10.8. The van der Waals surface area contributed by atoms with Crippen LogP contribution in [0.4, 0.5) is 0 Å². The lowest BCUT2D eigenvalue weighted by Gasteiger charge is -2.28. The van der Waals surface area contributed by atoms with Crippen LogP contribution in [0.1, 0.15) is 62.5 Å². The first kappa shape index (κ1) is 17.0. The summed E-state index contributed by atoms with van der Waals surface area (Å²) >= 11 is 0. The Kier molecular flexibility index (Phi) is 7.45. The van der Waals surface area contributed by atoms with Crippen molar-refractivity contribution >= 4 is 0 Å². The van der Waals surface area contributed by atoms with Crippen molar-refractivity contribution in [3.05, 3.63) is 60.2 Å². The number of hydrogen-bond donors (Lipinski definition) is 0. The minimum absolute atomic E-state index is 0.624. The second kappa shape index (κ2) is 9.63. The highest BCUT2D eigenvalue weighted by Crippen LogP contribution is 2.37. The van der Waals surface area contributed by atoms with Crippen LogP contribution in [0.2, 0.25) is 0 Å². The molecule has 0 aromatic heterocycles. The lowest BCUT2D eigenvalue weighted by Crippen LogP contribution is -2.13. The molecule has 0 bridgehead atoms. The second-order valence-corrected chi connectivity index (χ2v) is 6.41. The maximum Gasteiger partial charge on any atom is 0.0721 e. The Labute approximate surface area is 136 Å². The quantitative estimate of drug-likeness (QED) is 0.421. The van der Waals surface area contributed by atoms with Crippen molar-refractivity contribution < 1.29 is 4.74 Å². The van der Waals surface area contributed by atoms with Gasteiger partial charge in [-0.05, 0) is 68.4 Å². The molecule has 120 valence electrons. The van der Waals surface area contributed by atoms with Gasteiger partial charge in [-0.15, -0.1) is 6.58 Å². The molecule has 0 aliphatic heterocycles. The molecule has 0 heterocycles. The fourth-order valence-electron chi connectivity index (χ4n) is 3.43. The highest BCUT2D eigenvalue weighted by atomic mass is 16.5. The SMILES string of the molecule is C=CCOCc1ccc([C@H]2CC[C@H](CCC=CC)CC2)cc1. The Bertz CT molecular complexity index is 449. The Balaban J connectivity index is 1.77. The van der Waals surface area contributed by atoms with E-state index in [0.717, 1.165) is 11.8 Å². The van der Waals surface area contributed by atoms with Crippen molar-refractivity contribution in [1.82, 2.24) is 0 Å². The molecular weight excluding hydrogens is 268 g/mol. The van der Waals surface area contributed by atoms with E-state index >= 15 is 0 Å². The van der Waals surface area contributed by atoms with Gasteiger partial charge >= 0.3 is 0 Å². The Hall–Kier alpha value is -1.34. The van der Waals surface area contributed by atoms with E-state index < -0.39 is 0 Å². The maximum absolute atomic E-state index is 5.49. The summed E-state index contributed by atoms with van der Waals surface area (Å²) in [5.74, 6) is 1.71. The summed E-state index contributed by atoms with van der Waals surface area (Å²) in [6.07, 6.45) is 14.4. The highest BCUT2D eigenvalue weighted by molar-refractivity contribution is 5.25. The van der Waals surface area contributed by atoms with Gasteiger partial charge in [0.25, 0.3) is 0 Å². The summed E-state index contributed by atoms with van der Waals surface area (Å²) in [5, 5.41) is 0. The molecule has 1 aromatic rings. The van der Waals surface area contributed by atoms with Crippen molar-refractivity contribution in [3.8, 4) is 0 Å². The van der Waals surface area contributed by atoms with Gasteiger partial charge in [0.1, 0.15) is 0 Å². The Morgan fingerprint density at radius 1 is 1.14 bits per heavy atom. The highest BCUT2D eigenvalue weighted by Gasteiger charge is 2.21. The van der Waals surface area contributed by atoms with E-state index in [2.05, 4.69) is 49.9 Å². The normalized spacial score (nSPS) is 22.0. The van der Waals surface area contributed by atoms with Gasteiger partial charge in [0, 0.05) is 0 Å². The minimum atomic E-state index is 0.624. The molecule has 0 radical (unpaired) electrons. The molecule has 1 aliphatic rings. The van der Waals surface area contributed by atoms with Crippen LogP contribution in [0, 0.1) is 5.92 Å². The first-order valence-electron chi connectivity index (χ1n) is 8.72. The van der Waals surface area contributed by atoms with E-state index in [9.17, 15) is 0 Å². The Morgan fingerprint density at radius 2 is 1.86 bits per heavy atom. The minimum Gasteiger partial charge on any atom is -0.373 e. The molecule has 2 rings (SSSR count). The number of hydrogen-bond acceptors (Lipinski definition) is 1. The summed E-state index contributed by atoms with van der Waals surface area (Å²) in [5.41, 5.74) is 2.77. The van der Waals surface area contributed by atoms with E-state index in [-0.39, 0.29) is 0 Å². The van der Waals surface area contributed by atoms with E-state index in [1.54, 1.807) is 6.08 Å². The van der Waals surface area contributed by atoms with Crippen LogP contribution in [0.25, 0.3) is 0 Å². The molecule has 1 fully saturated rings. The molecule has 1 heteroatoms. The largest absolute Gasteiger partial charge is 0.373 e. The number of rotatable bonds is 8. The van der Waals surface area contributed by atoms with Crippen LogP contribution >= 0.6 is 0 Å². The van der Waals surface area contributed by atoms with Crippen molar-refractivity contribution in [2.45, 2.75) is 58.0 Å². The molecule has 1 nitrogen and oxygen atoms in total. The fraction of sp³-hybridized carbons (Fsp3) is 0.524. The molecule has 0 amide bonds. The molecular formula is C21H30O. The van der Waals surface area contributed by atoms with E-state index in [1.165, 1.54) is 49.7 Å². The molecule has 22 heavy (non-hydrogen) atoms. The van der Waals surface area contributed by atoms with Gasteiger partial charge in [0.2, 0.25) is 0 Å². The van der Waals surface area contributed by atoms with Crippen molar-refractivity contribution in [2.75, 3.05) is 6.61 Å². The average molecular weight is 298 g/mol. The van der Waals surface area contributed by atoms with Crippen molar-refractivity contribution in [2.24, 2.45) is 5.92 Å². The predicted molar refractivity (Wildman–Crippen MR) is 95.0 cm³/mol. The van der Waals surface area contributed by atoms with E-state index in [0.29, 0.717) is 13.2 Å². The average Bonchev–Trinajstić information content (AvgIpc) is 2.57. The van der Waals surface area contributed by atoms with E-state index in [4.69, 9.17) is 4.74 Å². The third kappa shape index (κ3) is 5.46. The standard InChI is InChI=1S/C21H30O/c1-3-5-6-7-18-8-12-20(13-9-18)21-14-10-19(11-15-21)17-22-16-4-2/h3-5,10-11,14-15,18,20H,2,6-9,12-13,16-17H2,1H3/t18-,20-. The zero-order valence-corrected chi connectivity index (χ0v) is 14.0. The number of ether oxygens (including phenoxy) is 1. The molecule has 0 saturated heterocycles. The monoisotopic (exact) mass is 298 g/mol. The van der Waals surface area contributed by atoms with Crippen LogP contribution in [-0.4, -0.2) is 6.61 Å². The van der Waals surface area contributed by atoms with Crippen LogP contribution in [0.3, 0.4) is 0 Å². The summed E-state index contributed by atoms with van der Waals surface area (Å²) < 4.78 is 5.49. The Morgan fingerprint density at radius 3 is 2.50 bits per heavy atom. The van der Waals surface area contributed by atoms with Crippen LogP contribution in [0.5, 0.6) is 0 Å². The number of allylic oxidation sites excluding steroid dienone is 2. The summed E-state index contributed by atoms with van der Waals surface area (Å²) in [6, 6.07) is 9.04. The zero-order valence-electron chi connectivity index (χ0n) is 14.0. The van der Waals surface area contributed by atoms with Gasteiger partial charge in [-0.25, -0.2) is 0 Å². The lowest BCUT2D eigenvalue weighted by molar-refractivity contribution is 0.149. The predicted octanol–water partition coefficient (Wildman–Crippen LogP) is 6.02. The van der Waals surface area contributed by atoms with Gasteiger partial charge < -0.3 is 4.74 Å². The smallest absolute Gasteiger partial charge is 0.0721 e. The van der Waals surface area contributed by atoms with Crippen LogP contribution in [-0.2, 0) is 11.3 Å². The third-order valence-electron chi connectivity index (χ3n) is 4.78. The summed E-state index contributed by atoms with van der Waals surface area (Å²) in [7, 11) is 0. The topological polar surface area (TPSA) is 9.23 Å². The molecule has 1 aromatic carbocycles. The van der Waals surface area contributed by atoms with E-state index in [1.807, 2.05) is 0 Å². The molecule has 0 unspecified atom stereocenters. The first-order valence-corrected chi connectivity index (χ1v) is 8.72. The van der Waals surface area contributed by atoms with Gasteiger partial charge in [-0.3, -0.25) is 0 Å². The zero-order chi connectivity index (χ0) is 15.6. The summed E-state index contributed by atoms with van der Waals surface area (Å²) in [6.45, 7) is 7.09. The maximum atomic E-state index is 5.49. The van der Waals surface area contributed by atoms with Gasteiger partial charge in [-0.2, -0.15) is 0 Å². The van der Waals surface area contributed by atoms with Crippen molar-refractivity contribution in [1.29, 1.82) is 0 Å². The molecule has 0 atom stereocenters. The molecule has 1 saturated carbocycles. The molecule has 1 aliphatic carbocycles. The number of benzene rings is 1. The van der Waals surface area contributed by atoms with Crippen LogP contribution < -0.4 is 0 Å². The molecule has 0 N–H and O–H groups in total. The fourth-order valence-corrected chi connectivity index (χ4v) is 3.43.